The molecular weight excluding hydrogens is 415 g/mol. The molecule has 1 unspecified atom stereocenters. The van der Waals surface area contributed by atoms with E-state index in [1.54, 1.807) is 29.4 Å². The second kappa shape index (κ2) is 10.4. The smallest absolute Gasteiger partial charge is 0.255 e. The first-order valence-electron chi connectivity index (χ1n) is 8.47. The van der Waals surface area contributed by atoms with Crippen molar-refractivity contribution in [3.05, 3.63) is 97.4 Å². The summed E-state index contributed by atoms with van der Waals surface area (Å²) in [5, 5.41) is 25.9. The molecule has 1 heterocycles. The van der Waals surface area contributed by atoms with Gasteiger partial charge in [-0.2, -0.15) is 10.2 Å². The zero-order valence-corrected chi connectivity index (χ0v) is 16.7. The third-order valence-electron chi connectivity index (χ3n) is 4.29. The van der Waals surface area contributed by atoms with Crippen molar-refractivity contribution < 1.29 is 5.09 Å². The van der Waals surface area contributed by atoms with Crippen molar-refractivity contribution in [3.8, 4) is 6.07 Å². The number of rotatable bonds is 6. The van der Waals surface area contributed by atoms with Crippen LogP contribution < -0.4 is 0 Å². The maximum atomic E-state index is 10.1. The van der Waals surface area contributed by atoms with Crippen molar-refractivity contribution in [1.82, 2.24) is 4.90 Å². The van der Waals surface area contributed by atoms with Gasteiger partial charge >= 0.3 is 0 Å². The first kappa shape index (κ1) is 22.1. The third kappa shape index (κ3) is 6.44. The van der Waals surface area contributed by atoms with Crippen LogP contribution in [0.3, 0.4) is 0 Å². The quantitative estimate of drug-likeness (QED) is 0.370. The Labute approximate surface area is 178 Å². The zero-order chi connectivity index (χ0) is 21.3. The Morgan fingerprint density at radius 1 is 1.21 bits per heavy atom. The molecule has 1 aliphatic rings. The fourth-order valence-electron chi connectivity index (χ4n) is 2.96. The van der Waals surface area contributed by atoms with Gasteiger partial charge in [0.25, 0.3) is 6.34 Å². The highest BCUT2D eigenvalue weighted by atomic mass is 35.5. The Morgan fingerprint density at radius 3 is 2.45 bits per heavy atom. The van der Waals surface area contributed by atoms with Crippen LogP contribution in [0, 0.1) is 26.7 Å². The van der Waals surface area contributed by atoms with Crippen LogP contribution >= 0.6 is 23.2 Å². The van der Waals surface area contributed by atoms with E-state index in [1.165, 1.54) is 5.56 Å². The van der Waals surface area contributed by atoms with Crippen LogP contribution in [-0.4, -0.2) is 22.9 Å². The number of aliphatic imine (C=N–C) groups is 1. The van der Waals surface area contributed by atoms with Gasteiger partial charge in [0.15, 0.2) is 6.20 Å². The van der Waals surface area contributed by atoms with Crippen LogP contribution in [-0.2, 0) is 11.8 Å². The summed E-state index contributed by atoms with van der Waals surface area (Å²) in [6.07, 6.45) is 7.72. The number of hydrogen-bond acceptors (Lipinski definition) is 6. The monoisotopic (exact) mass is 430 g/mol. The highest BCUT2D eigenvalue weighted by Crippen LogP contribution is 2.36. The average Bonchev–Trinajstić information content (AvgIpc) is 3.19. The van der Waals surface area contributed by atoms with Gasteiger partial charge in [-0.1, -0.05) is 59.6 Å². The van der Waals surface area contributed by atoms with E-state index in [0.29, 0.717) is 23.0 Å². The molecule has 7 nitrogen and oxygen atoms in total. The molecule has 1 atom stereocenters. The van der Waals surface area contributed by atoms with Crippen molar-refractivity contribution in [2.24, 2.45) is 4.99 Å². The fraction of sp³-hybridized carbons (Fsp3) is 0.200. The summed E-state index contributed by atoms with van der Waals surface area (Å²) in [4.78, 5) is 14.0. The van der Waals surface area contributed by atoms with Crippen molar-refractivity contribution in [2.45, 2.75) is 18.3 Å². The Hall–Kier alpha value is -3.17. The topological polar surface area (TPSA) is 106 Å². The number of aryl methyl sites for hydroxylation is 1. The highest BCUT2D eigenvalue weighted by molar-refractivity contribution is 6.35. The molecule has 2 aromatic carbocycles. The minimum absolute atomic E-state index is 0.428. The van der Waals surface area contributed by atoms with E-state index in [-0.39, 0.29) is 0 Å². The normalized spacial score (nSPS) is 13.6. The maximum Gasteiger partial charge on any atom is 0.255 e. The molecule has 1 aliphatic heterocycles. The summed E-state index contributed by atoms with van der Waals surface area (Å²) in [7, 11) is 0. The second-order valence-electron chi connectivity index (χ2n) is 6.18. The predicted molar refractivity (Wildman–Crippen MR) is 112 cm³/mol. The van der Waals surface area contributed by atoms with Crippen LogP contribution in [0.4, 0.5) is 0 Å². The second-order valence-corrected chi connectivity index (χ2v) is 7.03. The van der Waals surface area contributed by atoms with Gasteiger partial charge in [-0.15, -0.1) is 0 Å². The van der Waals surface area contributed by atoms with Crippen molar-refractivity contribution in [2.75, 3.05) is 6.54 Å². The summed E-state index contributed by atoms with van der Waals surface area (Å²) in [6.45, 7) is 0.428. The third-order valence-corrected chi connectivity index (χ3v) is 4.84. The predicted octanol–water partition coefficient (Wildman–Crippen LogP) is 4.84. The van der Waals surface area contributed by atoms with Crippen LogP contribution in [0.5, 0.6) is 0 Å². The fourth-order valence-corrected chi connectivity index (χ4v) is 3.55. The molecule has 148 valence electrons. The number of halogens is 2. The lowest BCUT2D eigenvalue weighted by molar-refractivity contribution is -0.402. The highest BCUT2D eigenvalue weighted by Gasteiger charge is 2.38. The van der Waals surface area contributed by atoms with Gasteiger partial charge in [0.2, 0.25) is 6.20 Å². The lowest BCUT2D eigenvalue weighted by Gasteiger charge is -2.28. The van der Waals surface area contributed by atoms with E-state index < -0.39 is 10.5 Å². The van der Waals surface area contributed by atoms with E-state index in [4.69, 9.17) is 38.5 Å². The zero-order valence-electron chi connectivity index (χ0n) is 15.2. The van der Waals surface area contributed by atoms with Gasteiger partial charge in [-0.05, 0) is 41.1 Å². The van der Waals surface area contributed by atoms with Gasteiger partial charge in [-0.25, -0.2) is 0 Å². The first-order valence-corrected chi connectivity index (χ1v) is 9.23. The summed E-state index contributed by atoms with van der Waals surface area (Å²) >= 11 is 12.5. The lowest BCUT2D eigenvalue weighted by Crippen LogP contribution is -2.37. The number of benzene rings is 2. The van der Waals surface area contributed by atoms with Crippen LogP contribution in [0.25, 0.3) is 0 Å². The summed E-state index contributed by atoms with van der Waals surface area (Å²) in [6, 6.07) is 17.9. The summed E-state index contributed by atoms with van der Waals surface area (Å²) in [5.41, 5.74) is 1.16. The van der Waals surface area contributed by atoms with E-state index in [1.807, 2.05) is 24.3 Å². The van der Waals surface area contributed by atoms with Crippen LogP contribution in [0.1, 0.15) is 17.5 Å². The molecule has 29 heavy (non-hydrogen) atoms. The van der Waals surface area contributed by atoms with Gasteiger partial charge in [0, 0.05) is 10.0 Å². The lowest BCUT2D eigenvalue weighted by atomic mass is 9.76. The van der Waals surface area contributed by atoms with Crippen molar-refractivity contribution in [3.63, 3.8) is 0 Å². The van der Waals surface area contributed by atoms with E-state index >= 15 is 0 Å². The molecule has 0 spiro atoms. The minimum atomic E-state index is -1.75. The molecular formula is C20H16Cl2N4O3. The maximum absolute atomic E-state index is 10.1. The Morgan fingerprint density at radius 2 is 1.90 bits per heavy atom. The van der Waals surface area contributed by atoms with Crippen LogP contribution in [0.2, 0.25) is 10.0 Å². The number of hydrogen-bond donors (Lipinski definition) is 0. The van der Waals surface area contributed by atoms with Crippen molar-refractivity contribution in [1.29, 1.82) is 5.26 Å². The van der Waals surface area contributed by atoms with E-state index in [0.717, 1.165) is 12.0 Å². The molecule has 0 fully saturated rings. The number of nitriles is 1. The molecule has 0 aromatic heterocycles. The molecule has 2 aromatic rings. The molecule has 9 heteroatoms. The van der Waals surface area contributed by atoms with Crippen molar-refractivity contribution >= 4 is 29.5 Å². The average molecular weight is 431 g/mol. The van der Waals surface area contributed by atoms with Gasteiger partial charge in [0.1, 0.15) is 5.41 Å². The Balaban J connectivity index is 0.000000687. The van der Waals surface area contributed by atoms with Gasteiger partial charge in [0.05, 0.1) is 17.7 Å². The van der Waals surface area contributed by atoms with E-state index in [2.05, 4.69) is 29.5 Å². The Kier molecular flexibility index (Phi) is 7.93. The summed E-state index contributed by atoms with van der Waals surface area (Å²) in [5.74, 6) is 0. The SMILES string of the molecule is N#CC(CCc1ccccc1)(CN1[C+]=NC=C1)c1ccc(Cl)cc1Cl.O=[N+]([O-])[O-]. The number of nitrogens with zero attached hydrogens (tertiary/aromatic N) is 4. The molecule has 0 saturated heterocycles. The standard InChI is InChI=1S/C20H16Cl2N3.NO3/c21-17-6-7-18(19(22)12-17)20(13-23,14-25-11-10-24-15-25)9-8-16-4-2-1-3-5-16;2-1(3)4/h1-7,10-12H,8-9,14H2;/q+1;-1. The molecule has 0 saturated carbocycles. The minimum Gasteiger partial charge on any atom is -0.356 e. The first-order chi connectivity index (χ1) is 13.9. The molecule has 3 rings (SSSR count). The molecule has 0 bridgehead atoms. The molecule has 0 aliphatic carbocycles. The molecule has 0 N–H and O–H groups in total. The Bertz CT molecular complexity index is 928. The van der Waals surface area contributed by atoms with Crippen LogP contribution in [0.15, 0.2) is 65.9 Å². The van der Waals surface area contributed by atoms with Gasteiger partial charge in [-0.3, -0.25) is 0 Å². The van der Waals surface area contributed by atoms with E-state index in [9.17, 15) is 5.26 Å². The largest absolute Gasteiger partial charge is 0.356 e. The molecule has 0 amide bonds. The summed E-state index contributed by atoms with van der Waals surface area (Å²) < 4.78 is 0. The van der Waals surface area contributed by atoms with Gasteiger partial charge < -0.3 is 15.3 Å². The molecule has 0 radical (unpaired) electrons.